The van der Waals surface area contributed by atoms with Crippen LogP contribution in [0.3, 0.4) is 0 Å². The van der Waals surface area contributed by atoms with Gasteiger partial charge in [0.1, 0.15) is 0 Å². The standard InChI is InChI=1S/C23H30.C4H10.2C2H6/c1-6-19-14-21(13-15(2)16(19)3)23-10-8-7-9-22(20-11-12-20)17(4)18(23)5;1-3-4-2;2*1-2/h10,13-14H,6-9,11-12H2,1-5H3;3-4H2,1-2H3;2*1-2H3/b18-17-,23-10+;;;. The highest BCUT2D eigenvalue weighted by Gasteiger charge is 2.21. The average molecular weight is 425 g/mol. The van der Waals surface area contributed by atoms with E-state index in [4.69, 9.17) is 0 Å². The fourth-order valence-corrected chi connectivity index (χ4v) is 3.89. The Morgan fingerprint density at radius 1 is 0.742 bits per heavy atom. The Morgan fingerprint density at radius 2 is 1.32 bits per heavy atom. The molecule has 0 heteroatoms. The van der Waals surface area contributed by atoms with Crippen molar-refractivity contribution >= 4 is 5.57 Å². The predicted octanol–water partition coefficient (Wildman–Crippen LogP) is 10.7. The van der Waals surface area contributed by atoms with E-state index in [0.717, 1.165) is 6.42 Å². The highest BCUT2D eigenvalue weighted by molar-refractivity contribution is 5.81. The van der Waals surface area contributed by atoms with E-state index in [-0.39, 0.29) is 0 Å². The molecule has 0 aromatic heterocycles. The molecule has 0 nitrogen and oxygen atoms in total. The summed E-state index contributed by atoms with van der Waals surface area (Å²) in [5.41, 5.74) is 13.7. The van der Waals surface area contributed by atoms with Crippen molar-refractivity contribution in [2.24, 2.45) is 0 Å². The first-order valence-electron chi connectivity index (χ1n) is 13.1. The van der Waals surface area contributed by atoms with Gasteiger partial charge in [0.05, 0.1) is 0 Å². The average Bonchev–Trinajstić information content (AvgIpc) is 3.64. The summed E-state index contributed by atoms with van der Waals surface area (Å²) in [4.78, 5) is 0. The molecule has 0 radical (unpaired) electrons. The van der Waals surface area contributed by atoms with Crippen LogP contribution in [0, 0.1) is 13.8 Å². The summed E-state index contributed by atoms with van der Waals surface area (Å²) >= 11 is 0. The van der Waals surface area contributed by atoms with E-state index in [2.05, 4.69) is 66.7 Å². The first kappa shape index (κ1) is 29.4. The zero-order chi connectivity index (χ0) is 24.0. The number of aryl methyl sites for hydroxylation is 2. The fraction of sp³-hybridized carbons (Fsp3) is 0.613. The smallest absolute Gasteiger partial charge is 0.0179 e. The van der Waals surface area contributed by atoms with E-state index in [0.29, 0.717) is 0 Å². The first-order chi connectivity index (χ1) is 14.9. The maximum Gasteiger partial charge on any atom is -0.0179 e. The molecule has 0 saturated heterocycles. The lowest BCUT2D eigenvalue weighted by Crippen LogP contribution is -2.00. The van der Waals surface area contributed by atoms with E-state index in [9.17, 15) is 0 Å². The maximum atomic E-state index is 2.48. The molecule has 3 rings (SSSR count). The van der Waals surface area contributed by atoms with Crippen LogP contribution in [0.4, 0.5) is 0 Å². The van der Waals surface area contributed by atoms with Gasteiger partial charge in [-0.05, 0) is 111 Å². The summed E-state index contributed by atoms with van der Waals surface area (Å²) in [6.07, 6.45) is 12.7. The molecule has 31 heavy (non-hydrogen) atoms. The largest absolute Gasteiger partial charge is 0.0764 e. The number of allylic oxidation sites excluding steroid dienone is 6. The Morgan fingerprint density at radius 3 is 1.81 bits per heavy atom. The van der Waals surface area contributed by atoms with Crippen LogP contribution in [0.15, 0.2) is 40.5 Å². The third-order valence-corrected chi connectivity index (χ3v) is 6.29. The van der Waals surface area contributed by atoms with Gasteiger partial charge in [-0.1, -0.05) is 85.1 Å². The lowest BCUT2D eigenvalue weighted by Gasteiger charge is -2.20. The zero-order valence-corrected chi connectivity index (χ0v) is 22.9. The molecule has 0 N–H and O–H groups in total. The van der Waals surface area contributed by atoms with Gasteiger partial charge < -0.3 is 0 Å². The van der Waals surface area contributed by atoms with Crippen LogP contribution in [0.5, 0.6) is 0 Å². The molecule has 0 heterocycles. The van der Waals surface area contributed by atoms with Crippen LogP contribution < -0.4 is 0 Å². The number of benzene rings is 1. The number of rotatable bonds is 3. The maximum absolute atomic E-state index is 2.48. The Kier molecular flexibility index (Phi) is 15.3. The summed E-state index contributed by atoms with van der Waals surface area (Å²) in [5, 5.41) is 0. The lowest BCUT2D eigenvalue weighted by molar-refractivity contribution is 0.827. The molecule has 1 saturated carbocycles. The van der Waals surface area contributed by atoms with Gasteiger partial charge in [-0.15, -0.1) is 0 Å². The molecular weight excluding hydrogens is 372 g/mol. The van der Waals surface area contributed by atoms with Crippen molar-refractivity contribution in [3.05, 3.63) is 62.8 Å². The second-order valence-electron chi connectivity index (χ2n) is 8.27. The highest BCUT2D eigenvalue weighted by atomic mass is 14.3. The van der Waals surface area contributed by atoms with Gasteiger partial charge >= 0.3 is 0 Å². The van der Waals surface area contributed by atoms with Crippen LogP contribution in [0.2, 0.25) is 0 Å². The van der Waals surface area contributed by atoms with Crippen molar-refractivity contribution in [1.29, 1.82) is 0 Å². The van der Waals surface area contributed by atoms with Gasteiger partial charge in [-0.2, -0.15) is 0 Å². The van der Waals surface area contributed by atoms with Gasteiger partial charge in [0.2, 0.25) is 0 Å². The SMILES string of the molecule is CC.CC.CCCC.CCc1cc(C2=C/CCCC(=C3CC3)/C(C)=C\2C)cc(C)c1C. The van der Waals surface area contributed by atoms with Crippen molar-refractivity contribution in [2.45, 2.75) is 128 Å². The molecule has 1 aromatic rings. The zero-order valence-electron chi connectivity index (χ0n) is 22.9. The van der Waals surface area contributed by atoms with Crippen LogP contribution in [0.1, 0.15) is 130 Å². The number of unbranched alkanes of at least 4 members (excludes halogenated alkanes) is 1. The van der Waals surface area contributed by atoms with E-state index in [1.165, 1.54) is 78.3 Å². The molecule has 2 aliphatic rings. The van der Waals surface area contributed by atoms with E-state index < -0.39 is 0 Å². The van der Waals surface area contributed by atoms with Gasteiger partial charge in [0.15, 0.2) is 0 Å². The molecule has 1 fully saturated rings. The number of hydrogen-bond acceptors (Lipinski definition) is 0. The van der Waals surface area contributed by atoms with Crippen LogP contribution in [0.25, 0.3) is 5.57 Å². The Bertz CT molecular complexity index is 744. The lowest BCUT2D eigenvalue weighted by atomic mass is 9.85. The summed E-state index contributed by atoms with van der Waals surface area (Å²) < 4.78 is 0. The minimum atomic E-state index is 1.12. The van der Waals surface area contributed by atoms with Crippen molar-refractivity contribution in [1.82, 2.24) is 0 Å². The normalized spacial score (nSPS) is 19.3. The second-order valence-corrected chi connectivity index (χ2v) is 8.27. The van der Waals surface area contributed by atoms with Crippen molar-refractivity contribution < 1.29 is 0 Å². The van der Waals surface area contributed by atoms with Gasteiger partial charge in [0, 0.05) is 0 Å². The summed E-state index contributed by atoms with van der Waals surface area (Å²) in [6, 6.07) is 4.82. The van der Waals surface area contributed by atoms with E-state index >= 15 is 0 Å². The topological polar surface area (TPSA) is 0 Å². The Balaban J connectivity index is 0.000000992. The summed E-state index contributed by atoms with van der Waals surface area (Å²) in [7, 11) is 0. The van der Waals surface area contributed by atoms with Gasteiger partial charge in [-0.25, -0.2) is 0 Å². The monoisotopic (exact) mass is 424 g/mol. The van der Waals surface area contributed by atoms with E-state index in [1.54, 1.807) is 16.7 Å². The fourth-order valence-electron chi connectivity index (χ4n) is 3.89. The Labute approximate surface area is 195 Å². The van der Waals surface area contributed by atoms with Crippen molar-refractivity contribution in [3.63, 3.8) is 0 Å². The Hall–Kier alpha value is -1.56. The van der Waals surface area contributed by atoms with Crippen LogP contribution >= 0.6 is 0 Å². The molecule has 1 aromatic carbocycles. The molecule has 2 aliphatic carbocycles. The minimum absolute atomic E-state index is 1.12. The molecular formula is C31H52. The molecule has 176 valence electrons. The van der Waals surface area contributed by atoms with Crippen molar-refractivity contribution in [2.75, 3.05) is 0 Å². The summed E-state index contributed by atoms with van der Waals surface area (Å²) in [6.45, 7) is 23.8. The molecule has 0 amide bonds. The minimum Gasteiger partial charge on any atom is -0.0764 e. The van der Waals surface area contributed by atoms with Gasteiger partial charge in [-0.3, -0.25) is 0 Å². The number of hydrogen-bond donors (Lipinski definition) is 0. The van der Waals surface area contributed by atoms with Crippen molar-refractivity contribution in [3.8, 4) is 0 Å². The highest BCUT2D eigenvalue weighted by Crippen LogP contribution is 2.41. The second kappa shape index (κ2) is 16.1. The third-order valence-electron chi connectivity index (χ3n) is 6.29. The summed E-state index contributed by atoms with van der Waals surface area (Å²) in [5.74, 6) is 0. The molecule has 0 bridgehead atoms. The van der Waals surface area contributed by atoms with Crippen LogP contribution in [-0.4, -0.2) is 0 Å². The molecule has 0 spiro atoms. The molecule has 0 aliphatic heterocycles. The van der Waals surface area contributed by atoms with Crippen LogP contribution in [-0.2, 0) is 6.42 Å². The third kappa shape index (κ3) is 8.83. The van der Waals surface area contributed by atoms with Gasteiger partial charge in [0.25, 0.3) is 0 Å². The molecule has 0 unspecified atom stereocenters. The predicted molar refractivity (Wildman–Crippen MR) is 145 cm³/mol. The van der Waals surface area contributed by atoms with E-state index in [1.807, 2.05) is 27.7 Å². The quantitative estimate of drug-likeness (QED) is 0.452. The first-order valence-corrected chi connectivity index (χ1v) is 13.1. The molecule has 0 atom stereocenters.